The van der Waals surface area contributed by atoms with Crippen LogP contribution in [0.25, 0.3) is 0 Å². The van der Waals surface area contributed by atoms with Crippen molar-refractivity contribution in [2.45, 2.75) is 0 Å². The van der Waals surface area contributed by atoms with Gasteiger partial charge in [-0.05, 0) is 42.5 Å². The molecule has 0 unspecified atom stereocenters. The molecular formula is C24H23N7O2. The number of carbonyl (C=O) groups excluding carboxylic acids is 1. The molecule has 0 saturated heterocycles. The first-order valence-corrected chi connectivity index (χ1v) is 10.2. The molecule has 9 nitrogen and oxygen atoms in total. The minimum absolute atomic E-state index is 0.213. The molecule has 0 aliphatic carbocycles. The van der Waals surface area contributed by atoms with E-state index in [-0.39, 0.29) is 5.82 Å². The largest absolute Gasteiger partial charge is 0.456 e. The smallest absolute Gasteiger partial charge is 0.219 e. The maximum atomic E-state index is 12.1. The third-order valence-electron chi connectivity index (χ3n) is 4.96. The van der Waals surface area contributed by atoms with Gasteiger partial charge in [0, 0.05) is 19.8 Å². The molecule has 4 aromatic rings. The van der Waals surface area contributed by atoms with Crippen LogP contribution in [0.4, 0.5) is 34.5 Å². The number of nitrogens with two attached hydrogens (primary N) is 1. The van der Waals surface area contributed by atoms with E-state index in [4.69, 9.17) is 10.5 Å². The molecule has 2 aromatic heterocycles. The highest BCUT2D eigenvalue weighted by Gasteiger charge is 2.22. The van der Waals surface area contributed by atoms with Crippen LogP contribution in [-0.4, -0.2) is 35.5 Å². The standard InChI is InChI=1S/C24H23N7O2/c1-26-17-7-6-8-18(13-17)31(16-32)24-22(23(25)28-15-29-24)30(2)21-12-11-20(14-27-21)33-19-9-4-3-5-10-19/h3-16,26H,1-2H3,(H2,25,28,29). The summed E-state index contributed by atoms with van der Waals surface area (Å²) in [7, 11) is 3.59. The quantitative estimate of drug-likeness (QED) is 0.389. The first-order chi connectivity index (χ1) is 16.1. The van der Waals surface area contributed by atoms with Crippen LogP contribution in [0.15, 0.2) is 79.3 Å². The zero-order chi connectivity index (χ0) is 23.2. The van der Waals surface area contributed by atoms with Gasteiger partial charge in [0.15, 0.2) is 11.6 Å². The summed E-state index contributed by atoms with van der Waals surface area (Å²) in [5.41, 5.74) is 8.15. The van der Waals surface area contributed by atoms with Gasteiger partial charge in [0.25, 0.3) is 0 Å². The first-order valence-electron chi connectivity index (χ1n) is 10.2. The number of pyridine rings is 1. The molecule has 9 heteroatoms. The van der Waals surface area contributed by atoms with Gasteiger partial charge in [0.05, 0.1) is 11.9 Å². The van der Waals surface area contributed by atoms with Crippen molar-refractivity contribution in [2.75, 3.05) is 34.9 Å². The monoisotopic (exact) mass is 441 g/mol. The minimum atomic E-state index is 0.213. The SMILES string of the molecule is CNc1cccc(N(C=O)c2ncnc(N)c2N(C)c2ccc(Oc3ccccc3)cn2)c1. The third kappa shape index (κ3) is 4.67. The molecule has 0 bridgehead atoms. The molecule has 0 aliphatic rings. The number of benzene rings is 2. The van der Waals surface area contributed by atoms with E-state index in [1.54, 1.807) is 30.3 Å². The zero-order valence-electron chi connectivity index (χ0n) is 18.2. The molecule has 2 aromatic carbocycles. The summed E-state index contributed by atoms with van der Waals surface area (Å²) in [6.45, 7) is 0. The average molecular weight is 441 g/mol. The molecule has 0 aliphatic heterocycles. The van der Waals surface area contributed by atoms with Crippen molar-refractivity contribution >= 4 is 40.9 Å². The van der Waals surface area contributed by atoms with E-state index in [1.807, 2.05) is 61.6 Å². The molecule has 166 valence electrons. The number of para-hydroxylation sites is 1. The highest BCUT2D eigenvalue weighted by Crippen LogP contribution is 2.38. The molecule has 4 rings (SSSR count). The number of nitrogens with zero attached hydrogens (tertiary/aromatic N) is 5. The number of hydrogen-bond acceptors (Lipinski definition) is 8. The average Bonchev–Trinajstić information content (AvgIpc) is 2.85. The van der Waals surface area contributed by atoms with Crippen molar-refractivity contribution in [1.82, 2.24) is 15.0 Å². The Labute approximate surface area is 191 Å². The highest BCUT2D eigenvalue weighted by atomic mass is 16.5. The molecule has 1 amide bonds. The van der Waals surface area contributed by atoms with Crippen LogP contribution in [0.2, 0.25) is 0 Å². The summed E-state index contributed by atoms with van der Waals surface area (Å²) in [5.74, 6) is 2.43. The van der Waals surface area contributed by atoms with Crippen LogP contribution < -0.4 is 25.6 Å². The summed E-state index contributed by atoms with van der Waals surface area (Å²) in [6, 6.07) is 20.4. The Morgan fingerprint density at radius 3 is 2.48 bits per heavy atom. The van der Waals surface area contributed by atoms with E-state index >= 15 is 0 Å². The van der Waals surface area contributed by atoms with Crippen molar-refractivity contribution < 1.29 is 9.53 Å². The number of aromatic nitrogens is 3. The number of anilines is 6. The van der Waals surface area contributed by atoms with Crippen LogP contribution >= 0.6 is 0 Å². The number of hydrogen-bond donors (Lipinski definition) is 2. The Hall–Kier alpha value is -4.66. The predicted molar refractivity (Wildman–Crippen MR) is 129 cm³/mol. The summed E-state index contributed by atoms with van der Waals surface area (Å²) < 4.78 is 5.81. The lowest BCUT2D eigenvalue weighted by atomic mass is 10.2. The maximum absolute atomic E-state index is 12.1. The molecule has 0 fully saturated rings. The second-order valence-electron chi connectivity index (χ2n) is 7.03. The summed E-state index contributed by atoms with van der Waals surface area (Å²) >= 11 is 0. The summed E-state index contributed by atoms with van der Waals surface area (Å²) in [4.78, 5) is 28.2. The van der Waals surface area contributed by atoms with Crippen molar-refractivity contribution in [3.8, 4) is 11.5 Å². The lowest BCUT2D eigenvalue weighted by Gasteiger charge is -2.26. The number of amides is 1. The molecule has 2 heterocycles. The zero-order valence-corrected chi connectivity index (χ0v) is 18.2. The maximum Gasteiger partial charge on any atom is 0.219 e. The molecule has 0 saturated carbocycles. The number of carbonyl (C=O) groups is 1. The lowest BCUT2D eigenvalue weighted by molar-refractivity contribution is -0.106. The van der Waals surface area contributed by atoms with Gasteiger partial charge in [-0.3, -0.25) is 9.69 Å². The van der Waals surface area contributed by atoms with Gasteiger partial charge < -0.3 is 20.7 Å². The van der Waals surface area contributed by atoms with Crippen molar-refractivity contribution in [1.29, 1.82) is 0 Å². The van der Waals surface area contributed by atoms with Crippen molar-refractivity contribution in [3.63, 3.8) is 0 Å². The Bertz CT molecular complexity index is 1230. The minimum Gasteiger partial charge on any atom is -0.456 e. The number of nitrogen functional groups attached to an aromatic ring is 1. The number of rotatable bonds is 8. The first kappa shape index (κ1) is 21.6. The van der Waals surface area contributed by atoms with Crippen LogP contribution in [-0.2, 0) is 4.79 Å². The van der Waals surface area contributed by atoms with Gasteiger partial charge in [-0.1, -0.05) is 24.3 Å². The second-order valence-corrected chi connectivity index (χ2v) is 7.03. The van der Waals surface area contributed by atoms with Gasteiger partial charge in [0.2, 0.25) is 6.41 Å². The van der Waals surface area contributed by atoms with Crippen LogP contribution in [0, 0.1) is 0 Å². The molecule has 3 N–H and O–H groups in total. The molecular weight excluding hydrogens is 418 g/mol. The van der Waals surface area contributed by atoms with E-state index in [0.29, 0.717) is 40.9 Å². The van der Waals surface area contributed by atoms with Crippen LogP contribution in [0.5, 0.6) is 11.5 Å². The van der Waals surface area contributed by atoms with E-state index in [2.05, 4.69) is 20.3 Å². The summed E-state index contributed by atoms with van der Waals surface area (Å²) in [5, 5.41) is 3.06. The van der Waals surface area contributed by atoms with Crippen molar-refractivity contribution in [2.24, 2.45) is 0 Å². The van der Waals surface area contributed by atoms with Gasteiger partial charge >= 0.3 is 0 Å². The highest BCUT2D eigenvalue weighted by molar-refractivity contribution is 5.94. The molecule has 0 spiro atoms. The Morgan fingerprint density at radius 1 is 0.970 bits per heavy atom. The van der Waals surface area contributed by atoms with Crippen molar-refractivity contribution in [3.05, 3.63) is 79.3 Å². The second kappa shape index (κ2) is 9.65. The Kier molecular flexibility index (Phi) is 6.31. The normalized spacial score (nSPS) is 10.4. The molecule has 33 heavy (non-hydrogen) atoms. The van der Waals surface area contributed by atoms with E-state index < -0.39 is 0 Å². The van der Waals surface area contributed by atoms with E-state index in [1.165, 1.54) is 11.2 Å². The van der Waals surface area contributed by atoms with E-state index in [0.717, 1.165) is 5.69 Å². The lowest BCUT2D eigenvalue weighted by Crippen LogP contribution is -2.22. The predicted octanol–water partition coefficient (Wildman–Crippen LogP) is 4.35. The fourth-order valence-corrected chi connectivity index (χ4v) is 3.30. The van der Waals surface area contributed by atoms with Gasteiger partial charge in [0.1, 0.15) is 29.3 Å². The van der Waals surface area contributed by atoms with Gasteiger partial charge in [-0.15, -0.1) is 0 Å². The van der Waals surface area contributed by atoms with Crippen LogP contribution in [0.3, 0.4) is 0 Å². The van der Waals surface area contributed by atoms with E-state index in [9.17, 15) is 4.79 Å². The topological polar surface area (TPSA) is 110 Å². The fourth-order valence-electron chi connectivity index (χ4n) is 3.30. The third-order valence-corrected chi connectivity index (χ3v) is 4.96. The Balaban J connectivity index is 1.66. The molecule has 0 atom stereocenters. The van der Waals surface area contributed by atoms with Crippen LogP contribution in [0.1, 0.15) is 0 Å². The number of ether oxygens (including phenoxy) is 1. The number of nitrogens with one attached hydrogen (secondary N) is 1. The Morgan fingerprint density at radius 2 is 1.79 bits per heavy atom. The van der Waals surface area contributed by atoms with Gasteiger partial charge in [-0.25, -0.2) is 15.0 Å². The summed E-state index contributed by atoms with van der Waals surface area (Å²) in [6.07, 6.45) is 3.63. The fraction of sp³-hybridized carbons (Fsp3) is 0.0833. The van der Waals surface area contributed by atoms with Gasteiger partial charge in [-0.2, -0.15) is 0 Å². The molecule has 0 radical (unpaired) electrons.